The van der Waals surface area contributed by atoms with E-state index in [0.29, 0.717) is 5.02 Å². The van der Waals surface area contributed by atoms with Crippen molar-refractivity contribution in [3.8, 4) is 0 Å². The summed E-state index contributed by atoms with van der Waals surface area (Å²) in [4.78, 5) is 23.8. The smallest absolute Gasteiger partial charge is 0.329 e. The summed E-state index contributed by atoms with van der Waals surface area (Å²) in [6.45, 7) is 3.18. The van der Waals surface area contributed by atoms with Gasteiger partial charge in [0.25, 0.3) is 5.91 Å². The summed E-state index contributed by atoms with van der Waals surface area (Å²) in [7, 11) is 1.73. The molecule has 21 heavy (non-hydrogen) atoms. The van der Waals surface area contributed by atoms with Gasteiger partial charge in [0.05, 0.1) is 5.02 Å². The van der Waals surface area contributed by atoms with Crippen LogP contribution in [0.2, 0.25) is 5.02 Å². The number of aliphatic carboxylic acids is 1. The molecule has 1 amide bonds. The number of aromatic nitrogens is 1. The zero-order chi connectivity index (χ0) is 15.8. The van der Waals surface area contributed by atoms with E-state index in [9.17, 15) is 14.7 Å². The highest BCUT2D eigenvalue weighted by atomic mass is 35.5. The SMILES string of the molecule is CCC(C)(NC(=O)c1c(Cl)c2ccccc2n1C)C(=O)O. The second-order valence-corrected chi connectivity index (χ2v) is 5.56. The Bertz CT molecular complexity index is 684. The van der Waals surface area contributed by atoms with Crippen molar-refractivity contribution in [2.45, 2.75) is 25.8 Å². The Morgan fingerprint density at radius 2 is 2.00 bits per heavy atom. The molecule has 1 unspecified atom stereocenters. The van der Waals surface area contributed by atoms with Gasteiger partial charge in [-0.2, -0.15) is 0 Å². The van der Waals surface area contributed by atoms with E-state index in [-0.39, 0.29) is 12.1 Å². The number of carboxylic acid groups (broad SMARTS) is 1. The lowest BCUT2D eigenvalue weighted by Gasteiger charge is -2.24. The van der Waals surface area contributed by atoms with E-state index in [4.69, 9.17) is 11.6 Å². The fourth-order valence-electron chi connectivity index (χ4n) is 2.20. The van der Waals surface area contributed by atoms with Gasteiger partial charge in [-0.3, -0.25) is 4.79 Å². The average Bonchev–Trinajstić information content (AvgIpc) is 2.71. The number of carbonyl (C=O) groups excluding carboxylic acids is 1. The number of rotatable bonds is 4. The molecule has 1 atom stereocenters. The highest BCUT2D eigenvalue weighted by Crippen LogP contribution is 2.30. The second-order valence-electron chi connectivity index (χ2n) is 5.18. The molecule has 2 rings (SSSR count). The number of halogens is 1. The van der Waals surface area contributed by atoms with Crippen LogP contribution in [0.3, 0.4) is 0 Å². The summed E-state index contributed by atoms with van der Waals surface area (Å²) in [5, 5.41) is 12.9. The van der Waals surface area contributed by atoms with Gasteiger partial charge in [0.15, 0.2) is 0 Å². The van der Waals surface area contributed by atoms with Gasteiger partial charge in [0, 0.05) is 18.0 Å². The monoisotopic (exact) mass is 308 g/mol. The summed E-state index contributed by atoms with van der Waals surface area (Å²) in [5.74, 6) is -1.57. The maximum absolute atomic E-state index is 12.5. The van der Waals surface area contributed by atoms with Gasteiger partial charge < -0.3 is 15.0 Å². The van der Waals surface area contributed by atoms with Crippen molar-refractivity contribution in [2.24, 2.45) is 7.05 Å². The van der Waals surface area contributed by atoms with E-state index >= 15 is 0 Å². The number of nitrogens with zero attached hydrogens (tertiary/aromatic N) is 1. The molecule has 0 aliphatic rings. The van der Waals surface area contributed by atoms with Crippen molar-refractivity contribution in [3.63, 3.8) is 0 Å². The minimum absolute atomic E-state index is 0.263. The van der Waals surface area contributed by atoms with E-state index in [1.54, 1.807) is 18.5 Å². The van der Waals surface area contributed by atoms with Gasteiger partial charge >= 0.3 is 5.97 Å². The van der Waals surface area contributed by atoms with Crippen molar-refractivity contribution in [1.29, 1.82) is 0 Å². The van der Waals surface area contributed by atoms with Crippen LogP contribution >= 0.6 is 11.6 Å². The zero-order valence-electron chi connectivity index (χ0n) is 12.1. The largest absolute Gasteiger partial charge is 0.480 e. The third-order valence-corrected chi connectivity index (χ3v) is 4.21. The number of aryl methyl sites for hydroxylation is 1. The van der Waals surface area contributed by atoms with Crippen molar-refractivity contribution in [1.82, 2.24) is 9.88 Å². The fraction of sp³-hybridized carbons (Fsp3) is 0.333. The predicted molar refractivity (Wildman–Crippen MR) is 81.7 cm³/mol. The molecule has 0 bridgehead atoms. The molecule has 0 radical (unpaired) electrons. The molecule has 0 fully saturated rings. The van der Waals surface area contributed by atoms with Crippen molar-refractivity contribution < 1.29 is 14.7 Å². The molecule has 0 aliphatic heterocycles. The van der Waals surface area contributed by atoms with E-state index < -0.39 is 17.4 Å². The first-order valence-corrected chi connectivity index (χ1v) is 6.98. The van der Waals surface area contributed by atoms with E-state index in [0.717, 1.165) is 10.9 Å². The molecule has 1 heterocycles. The lowest BCUT2D eigenvalue weighted by molar-refractivity contribution is -0.143. The third kappa shape index (κ3) is 2.49. The lowest BCUT2D eigenvalue weighted by atomic mass is 9.99. The molecule has 0 saturated heterocycles. The van der Waals surface area contributed by atoms with Crippen molar-refractivity contribution in [3.05, 3.63) is 35.0 Å². The van der Waals surface area contributed by atoms with Crippen LogP contribution in [0.25, 0.3) is 10.9 Å². The highest BCUT2D eigenvalue weighted by molar-refractivity contribution is 6.38. The number of hydrogen-bond acceptors (Lipinski definition) is 2. The van der Waals surface area contributed by atoms with Crippen LogP contribution in [0.15, 0.2) is 24.3 Å². The number of hydrogen-bond donors (Lipinski definition) is 2. The first-order chi connectivity index (χ1) is 9.81. The number of benzene rings is 1. The molecule has 0 saturated carbocycles. The van der Waals surface area contributed by atoms with Crippen LogP contribution in [0.4, 0.5) is 0 Å². The standard InChI is InChI=1S/C15H17ClN2O3/c1-4-15(2,14(20)21)17-13(19)12-11(16)9-7-5-6-8-10(9)18(12)3/h5-8H,4H2,1-3H3,(H,17,19)(H,20,21). The lowest BCUT2D eigenvalue weighted by Crippen LogP contribution is -2.52. The molecule has 5 nitrogen and oxygen atoms in total. The number of para-hydroxylation sites is 1. The summed E-state index contributed by atoms with van der Waals surface area (Å²) >= 11 is 6.28. The van der Waals surface area contributed by atoms with E-state index in [1.807, 2.05) is 24.3 Å². The van der Waals surface area contributed by atoms with Crippen LogP contribution in [0.1, 0.15) is 30.8 Å². The van der Waals surface area contributed by atoms with E-state index in [2.05, 4.69) is 5.32 Å². The molecule has 0 aliphatic carbocycles. The molecule has 1 aromatic carbocycles. The van der Waals surface area contributed by atoms with Crippen LogP contribution in [-0.4, -0.2) is 27.1 Å². The minimum Gasteiger partial charge on any atom is -0.480 e. The van der Waals surface area contributed by atoms with Crippen LogP contribution < -0.4 is 5.32 Å². The maximum atomic E-state index is 12.5. The number of carbonyl (C=O) groups is 2. The molecular formula is C15H17ClN2O3. The maximum Gasteiger partial charge on any atom is 0.329 e. The Balaban J connectivity index is 2.48. The predicted octanol–water partition coefficient (Wildman–Crippen LogP) is 2.81. The van der Waals surface area contributed by atoms with Gasteiger partial charge in [0.2, 0.25) is 0 Å². The van der Waals surface area contributed by atoms with Crippen LogP contribution in [-0.2, 0) is 11.8 Å². The first-order valence-electron chi connectivity index (χ1n) is 6.60. The van der Waals surface area contributed by atoms with Crippen molar-refractivity contribution >= 4 is 34.4 Å². The van der Waals surface area contributed by atoms with Crippen LogP contribution in [0.5, 0.6) is 0 Å². The van der Waals surface area contributed by atoms with E-state index in [1.165, 1.54) is 6.92 Å². The molecular weight excluding hydrogens is 292 g/mol. The van der Waals surface area contributed by atoms with Gasteiger partial charge in [-0.25, -0.2) is 4.79 Å². The molecule has 1 aromatic heterocycles. The molecule has 2 aromatic rings. The average molecular weight is 309 g/mol. The Labute approximate surface area is 127 Å². The number of carboxylic acids is 1. The normalized spacial score (nSPS) is 13.9. The summed E-state index contributed by atoms with van der Waals surface area (Å²) in [5.41, 5.74) is -0.239. The van der Waals surface area contributed by atoms with Gasteiger partial charge in [-0.05, 0) is 19.4 Å². The third-order valence-electron chi connectivity index (χ3n) is 3.83. The zero-order valence-corrected chi connectivity index (χ0v) is 12.9. The van der Waals surface area contributed by atoms with Crippen molar-refractivity contribution in [2.75, 3.05) is 0 Å². The number of amides is 1. The topological polar surface area (TPSA) is 71.3 Å². The Kier molecular flexibility index (Phi) is 3.96. The Hall–Kier alpha value is -2.01. The Morgan fingerprint density at radius 3 is 2.52 bits per heavy atom. The number of nitrogens with one attached hydrogen (secondary N) is 1. The summed E-state index contributed by atoms with van der Waals surface area (Å²) in [6, 6.07) is 7.37. The Morgan fingerprint density at radius 1 is 1.38 bits per heavy atom. The summed E-state index contributed by atoms with van der Waals surface area (Å²) in [6.07, 6.45) is 0.273. The summed E-state index contributed by atoms with van der Waals surface area (Å²) < 4.78 is 1.67. The molecule has 0 spiro atoms. The minimum atomic E-state index is -1.32. The molecule has 6 heteroatoms. The first kappa shape index (κ1) is 15.4. The van der Waals surface area contributed by atoms with Gasteiger partial charge in [-0.1, -0.05) is 36.7 Å². The molecule has 2 N–H and O–H groups in total. The molecule has 112 valence electrons. The van der Waals surface area contributed by atoms with Crippen LogP contribution in [0, 0.1) is 0 Å². The fourth-order valence-corrected chi connectivity index (χ4v) is 2.57. The highest BCUT2D eigenvalue weighted by Gasteiger charge is 2.34. The second kappa shape index (κ2) is 5.41. The van der Waals surface area contributed by atoms with Gasteiger partial charge in [-0.15, -0.1) is 0 Å². The number of fused-ring (bicyclic) bond motifs is 1. The quantitative estimate of drug-likeness (QED) is 0.912. The van der Waals surface area contributed by atoms with Gasteiger partial charge in [0.1, 0.15) is 11.2 Å².